The van der Waals surface area contributed by atoms with Gasteiger partial charge in [0.15, 0.2) is 0 Å². The highest BCUT2D eigenvalue weighted by Crippen LogP contribution is 2.34. The maximum absolute atomic E-state index is 12.8. The summed E-state index contributed by atoms with van der Waals surface area (Å²) in [6.07, 6.45) is -1.93. The van der Waals surface area contributed by atoms with E-state index in [1.165, 1.54) is 6.42 Å². The van der Waals surface area contributed by atoms with Gasteiger partial charge in [0, 0.05) is 18.6 Å². The first kappa shape index (κ1) is 35.4. The second kappa shape index (κ2) is 15.9. The molecule has 0 aromatic rings. The molecule has 2 aliphatic heterocycles. The van der Waals surface area contributed by atoms with Crippen molar-refractivity contribution in [3.05, 3.63) is 11.8 Å². The third kappa shape index (κ3) is 8.66. The van der Waals surface area contributed by atoms with Crippen LogP contribution in [-0.2, 0) is 19.0 Å². The van der Waals surface area contributed by atoms with Crippen LogP contribution in [-0.4, -0.2) is 138 Å². The number of aliphatic hydroxyl groups is 4. The van der Waals surface area contributed by atoms with E-state index in [0.717, 1.165) is 19.5 Å². The molecule has 0 aromatic carbocycles. The second-order valence-corrected chi connectivity index (χ2v) is 13.0. The summed E-state index contributed by atoms with van der Waals surface area (Å²) >= 11 is 0. The molecule has 0 aromatic heterocycles. The van der Waals surface area contributed by atoms with Gasteiger partial charge in [0.1, 0.15) is 30.2 Å². The van der Waals surface area contributed by atoms with Crippen molar-refractivity contribution < 1.29 is 39.4 Å². The summed E-state index contributed by atoms with van der Waals surface area (Å²) in [6, 6.07) is -2.32. The lowest BCUT2D eigenvalue weighted by molar-refractivity contribution is -0.240. The maximum Gasteiger partial charge on any atom is 0.249 e. The fourth-order valence-corrected chi connectivity index (χ4v) is 6.84. The molecular formula is C29H55N7O8. The molecule has 0 radical (unpaired) electrons. The summed E-state index contributed by atoms with van der Waals surface area (Å²) in [5, 5.41) is 56.4. The van der Waals surface area contributed by atoms with Crippen molar-refractivity contribution >= 4 is 5.91 Å². The zero-order chi connectivity index (χ0) is 32.0. The Hall–Kier alpha value is -1.47. The Bertz CT molecular complexity index is 955. The maximum atomic E-state index is 12.8. The number of hydrogen-bond donors (Lipinski definition) is 11. The van der Waals surface area contributed by atoms with Gasteiger partial charge >= 0.3 is 0 Å². The monoisotopic (exact) mass is 629 g/mol. The zero-order valence-electron chi connectivity index (χ0n) is 25.9. The summed E-state index contributed by atoms with van der Waals surface area (Å²) < 4.78 is 18.7. The summed E-state index contributed by atoms with van der Waals surface area (Å²) in [5.41, 5.74) is 17.2. The number of carbonyl (C=O) groups is 1. The van der Waals surface area contributed by atoms with Gasteiger partial charge in [-0.25, -0.2) is 0 Å². The van der Waals surface area contributed by atoms with Crippen LogP contribution in [0.3, 0.4) is 0 Å². The van der Waals surface area contributed by atoms with Crippen molar-refractivity contribution in [2.24, 2.45) is 17.2 Å². The first-order valence-corrected chi connectivity index (χ1v) is 16.0. The summed E-state index contributed by atoms with van der Waals surface area (Å²) in [7, 11) is 1.64. The van der Waals surface area contributed by atoms with Crippen LogP contribution < -0.4 is 38.5 Å². The van der Waals surface area contributed by atoms with E-state index in [0.29, 0.717) is 37.6 Å². The van der Waals surface area contributed by atoms with Crippen LogP contribution in [0.5, 0.6) is 0 Å². The molecule has 0 spiro atoms. The minimum absolute atomic E-state index is 0.0590. The van der Waals surface area contributed by atoms with Crippen molar-refractivity contribution in [2.75, 3.05) is 33.2 Å². The van der Waals surface area contributed by atoms with Crippen LogP contribution in [0.2, 0.25) is 0 Å². The highest BCUT2D eigenvalue weighted by molar-refractivity contribution is 5.80. The number of carbonyl (C=O) groups excluding carboxylic acids is 1. The zero-order valence-corrected chi connectivity index (χ0v) is 25.9. The first-order chi connectivity index (χ1) is 20.9. The Morgan fingerprint density at radius 3 is 2.66 bits per heavy atom. The van der Waals surface area contributed by atoms with E-state index in [9.17, 15) is 25.2 Å². The van der Waals surface area contributed by atoms with Gasteiger partial charge in [0.2, 0.25) is 12.2 Å². The van der Waals surface area contributed by atoms with Gasteiger partial charge < -0.3 is 73.1 Å². The van der Waals surface area contributed by atoms with Crippen LogP contribution in [0.25, 0.3) is 0 Å². The van der Waals surface area contributed by atoms with E-state index in [1.54, 1.807) is 14.0 Å². The quantitative estimate of drug-likeness (QED) is 0.0935. The number of nitrogens with two attached hydrogens (primary N) is 3. The number of aliphatic hydroxyl groups excluding tert-OH is 3. The normalized spacial score (nSPS) is 41.9. The predicted octanol–water partition coefficient (Wildman–Crippen LogP) is -3.80. The van der Waals surface area contributed by atoms with Crippen LogP contribution >= 0.6 is 0 Å². The lowest BCUT2D eigenvalue weighted by atomic mass is 9.77. The number of likely N-dealkylation sites (N-methyl/N-ethyl adjacent to an activating group) is 1. The predicted molar refractivity (Wildman–Crippen MR) is 162 cm³/mol. The molecule has 1 amide bonds. The molecule has 1 saturated heterocycles. The van der Waals surface area contributed by atoms with Crippen molar-refractivity contribution in [1.82, 2.24) is 21.3 Å². The van der Waals surface area contributed by atoms with Crippen molar-refractivity contribution in [3.8, 4) is 0 Å². The third-order valence-corrected chi connectivity index (χ3v) is 9.44. The number of ether oxygens (including phenoxy) is 3. The highest BCUT2D eigenvalue weighted by Gasteiger charge is 2.51. The average molecular weight is 630 g/mol. The Morgan fingerprint density at radius 1 is 1.20 bits per heavy atom. The SMILES string of the molecule is CN[C@@H]1[C@@H](O)[C@@H](O[C@@H]2[C@@H](O)[C@H](O[C@H]3OC(CNCC4CCCN4)=CC[C@H]3N)[C@@H](N)C[C@H]2NC(=O)[C@@H](O)CCN)CC[C@]1(C)O. The van der Waals surface area contributed by atoms with E-state index in [1.807, 2.05) is 6.08 Å². The number of nitrogens with one attached hydrogen (secondary N) is 4. The molecule has 2 aliphatic carbocycles. The lowest BCUT2D eigenvalue weighted by Crippen LogP contribution is -2.68. The molecule has 14 N–H and O–H groups in total. The molecule has 4 rings (SSSR count). The highest BCUT2D eigenvalue weighted by atomic mass is 16.7. The molecule has 2 saturated carbocycles. The van der Waals surface area contributed by atoms with Crippen LogP contribution in [0, 0.1) is 0 Å². The van der Waals surface area contributed by atoms with Gasteiger partial charge in [0.05, 0.1) is 42.5 Å². The second-order valence-electron chi connectivity index (χ2n) is 13.0. The van der Waals surface area contributed by atoms with Crippen LogP contribution in [0.4, 0.5) is 0 Å². The number of amides is 1. The smallest absolute Gasteiger partial charge is 0.249 e. The van der Waals surface area contributed by atoms with E-state index >= 15 is 0 Å². The minimum atomic E-state index is -1.35. The molecule has 2 heterocycles. The summed E-state index contributed by atoms with van der Waals surface area (Å²) in [5.74, 6) is 0.0247. The molecular weight excluding hydrogens is 574 g/mol. The van der Waals surface area contributed by atoms with E-state index < -0.39 is 78.6 Å². The number of rotatable bonds is 13. The van der Waals surface area contributed by atoms with Crippen LogP contribution in [0.15, 0.2) is 11.8 Å². The first-order valence-electron chi connectivity index (χ1n) is 16.0. The van der Waals surface area contributed by atoms with E-state index in [4.69, 9.17) is 31.4 Å². The molecule has 15 heteroatoms. The molecule has 1 unspecified atom stereocenters. The lowest BCUT2D eigenvalue weighted by Gasteiger charge is -2.49. The van der Waals surface area contributed by atoms with Crippen molar-refractivity contribution in [1.29, 1.82) is 0 Å². The van der Waals surface area contributed by atoms with E-state index in [2.05, 4.69) is 21.3 Å². The van der Waals surface area contributed by atoms with Gasteiger partial charge in [-0.15, -0.1) is 0 Å². The third-order valence-electron chi connectivity index (χ3n) is 9.44. The Morgan fingerprint density at radius 2 is 1.98 bits per heavy atom. The standard InChI is InChI=1S/C29H55N7O8/c1-29(41)9-7-21(22(38)26(29)33-2)43-25-19(36-27(40)20(37)8-10-30)12-18(32)24(23(25)39)44-28-17(31)6-5-16(42-28)14-34-13-15-4-3-11-35-15/h5,15,17-26,28,33-35,37-39,41H,3-4,6-14,30-32H2,1-2H3,(H,36,40)/t15?,17-,18+,19-,20+,21+,22+,23+,24-,25+,26-,28-,29+/m1/s1. The average Bonchev–Trinajstić information content (AvgIpc) is 3.49. The molecule has 13 atom stereocenters. The topological polar surface area (TPSA) is 252 Å². The van der Waals surface area contributed by atoms with Gasteiger partial charge in [-0.2, -0.15) is 0 Å². The molecule has 254 valence electrons. The van der Waals surface area contributed by atoms with Gasteiger partial charge in [-0.05, 0) is 78.1 Å². The van der Waals surface area contributed by atoms with Gasteiger partial charge in [-0.3, -0.25) is 4.79 Å². The Kier molecular flexibility index (Phi) is 12.8. The Balaban J connectivity index is 1.45. The summed E-state index contributed by atoms with van der Waals surface area (Å²) in [6.45, 7) is 4.10. The Labute approximate surface area is 259 Å². The largest absolute Gasteiger partial charge is 0.467 e. The van der Waals surface area contributed by atoms with Crippen LogP contribution in [0.1, 0.15) is 51.9 Å². The minimum Gasteiger partial charge on any atom is -0.467 e. The van der Waals surface area contributed by atoms with Gasteiger partial charge in [-0.1, -0.05) is 0 Å². The van der Waals surface area contributed by atoms with Gasteiger partial charge in [0.25, 0.3) is 0 Å². The van der Waals surface area contributed by atoms with Crippen molar-refractivity contribution in [2.45, 2.75) is 131 Å². The fraction of sp³-hybridized carbons (Fsp3) is 0.897. The van der Waals surface area contributed by atoms with E-state index in [-0.39, 0.29) is 19.4 Å². The molecule has 0 bridgehead atoms. The molecule has 4 aliphatic rings. The molecule has 44 heavy (non-hydrogen) atoms. The van der Waals surface area contributed by atoms with Crippen molar-refractivity contribution in [3.63, 3.8) is 0 Å². The fourth-order valence-electron chi connectivity index (χ4n) is 6.84. The summed E-state index contributed by atoms with van der Waals surface area (Å²) in [4.78, 5) is 12.8. The number of hydrogen-bond acceptors (Lipinski definition) is 14. The molecule has 15 nitrogen and oxygen atoms in total. The molecule has 3 fully saturated rings.